The fraction of sp³-hybridized carbons (Fsp3) is 0.148. The molecule has 0 radical (unpaired) electrons. The molecule has 2 heterocycles. The van der Waals surface area contributed by atoms with E-state index in [0.29, 0.717) is 23.5 Å². The van der Waals surface area contributed by atoms with Gasteiger partial charge in [0.1, 0.15) is 12.3 Å². The first-order chi connectivity index (χ1) is 18.0. The first-order valence-corrected chi connectivity index (χ1v) is 11.5. The predicted octanol–water partition coefficient (Wildman–Crippen LogP) is 3.44. The van der Waals surface area contributed by atoms with Crippen LogP contribution < -0.4 is 16.0 Å². The summed E-state index contributed by atoms with van der Waals surface area (Å²) in [5.74, 6) is 0.573. The molecule has 0 aliphatic carbocycles. The zero-order valence-corrected chi connectivity index (χ0v) is 20.1. The number of methoxy groups -OCH3 is 1. The average Bonchev–Trinajstić information content (AvgIpc) is 3.40. The lowest BCUT2D eigenvalue weighted by molar-refractivity contribution is 0.0600. The summed E-state index contributed by atoms with van der Waals surface area (Å²) in [5, 5.41) is 4.33. The van der Waals surface area contributed by atoms with E-state index in [9.17, 15) is 14.4 Å². The minimum atomic E-state index is -0.668. The van der Waals surface area contributed by atoms with E-state index in [2.05, 4.69) is 10.1 Å². The number of aromatic nitrogens is 4. The number of para-hydroxylation sites is 2. The largest absolute Gasteiger partial charge is 0.494 e. The van der Waals surface area contributed by atoms with Gasteiger partial charge in [-0.05, 0) is 55.5 Å². The van der Waals surface area contributed by atoms with Crippen LogP contribution >= 0.6 is 0 Å². The van der Waals surface area contributed by atoms with Crippen LogP contribution in [-0.4, -0.2) is 39.0 Å². The Labute approximate surface area is 210 Å². The summed E-state index contributed by atoms with van der Waals surface area (Å²) >= 11 is 0. The summed E-state index contributed by atoms with van der Waals surface area (Å²) in [6.45, 7) is 2.37. The van der Waals surface area contributed by atoms with E-state index in [0.717, 1.165) is 10.3 Å². The van der Waals surface area contributed by atoms with E-state index in [-0.39, 0.29) is 29.1 Å². The second-order valence-corrected chi connectivity index (χ2v) is 8.00. The number of carbonyl (C=O) groups excluding carboxylic acids is 1. The Hall–Kier alpha value is -4.99. The Morgan fingerprint density at radius 1 is 0.973 bits per heavy atom. The van der Waals surface area contributed by atoms with Gasteiger partial charge in [0.25, 0.3) is 5.56 Å². The summed E-state index contributed by atoms with van der Waals surface area (Å²) in [4.78, 5) is 44.0. The van der Waals surface area contributed by atoms with E-state index in [4.69, 9.17) is 14.0 Å². The van der Waals surface area contributed by atoms with Crippen LogP contribution in [0.1, 0.15) is 23.2 Å². The lowest BCUT2D eigenvalue weighted by Gasteiger charge is -2.14. The fourth-order valence-electron chi connectivity index (χ4n) is 4.08. The maximum absolute atomic E-state index is 13.7. The minimum absolute atomic E-state index is 0.0848. The maximum atomic E-state index is 13.7. The Balaban J connectivity index is 1.62. The highest BCUT2D eigenvalue weighted by atomic mass is 16.5. The van der Waals surface area contributed by atoms with Crippen LogP contribution in [0.15, 0.2) is 86.9 Å². The third kappa shape index (κ3) is 4.40. The van der Waals surface area contributed by atoms with Crippen molar-refractivity contribution in [3.8, 4) is 22.8 Å². The molecule has 0 aliphatic rings. The second kappa shape index (κ2) is 9.94. The normalized spacial score (nSPS) is 11.0. The van der Waals surface area contributed by atoms with Crippen LogP contribution in [-0.2, 0) is 11.3 Å². The molecule has 2 aromatic heterocycles. The third-order valence-corrected chi connectivity index (χ3v) is 5.79. The van der Waals surface area contributed by atoms with Gasteiger partial charge in [0, 0.05) is 5.56 Å². The van der Waals surface area contributed by atoms with Crippen molar-refractivity contribution in [2.24, 2.45) is 0 Å². The summed E-state index contributed by atoms with van der Waals surface area (Å²) in [5.41, 5.74) is 0.0819. The van der Waals surface area contributed by atoms with Crippen molar-refractivity contribution in [3.63, 3.8) is 0 Å². The highest BCUT2D eigenvalue weighted by Crippen LogP contribution is 2.21. The number of rotatable bonds is 7. The topological polar surface area (TPSA) is 118 Å². The molecule has 10 nitrogen and oxygen atoms in total. The number of fused-ring (bicyclic) bond motifs is 1. The van der Waals surface area contributed by atoms with E-state index < -0.39 is 17.2 Å². The van der Waals surface area contributed by atoms with Gasteiger partial charge in [-0.15, -0.1) is 0 Å². The molecule has 5 aromatic rings. The van der Waals surface area contributed by atoms with Crippen LogP contribution in [0.25, 0.3) is 28.0 Å². The highest BCUT2D eigenvalue weighted by Gasteiger charge is 2.21. The van der Waals surface area contributed by atoms with E-state index in [1.165, 1.54) is 23.8 Å². The van der Waals surface area contributed by atoms with Crippen molar-refractivity contribution in [1.29, 1.82) is 0 Å². The second-order valence-electron chi connectivity index (χ2n) is 8.00. The molecule has 0 N–H and O–H groups in total. The Kier molecular flexibility index (Phi) is 6.38. The molecule has 0 amide bonds. The van der Waals surface area contributed by atoms with Crippen LogP contribution in [0.3, 0.4) is 0 Å². The average molecular weight is 498 g/mol. The van der Waals surface area contributed by atoms with Crippen molar-refractivity contribution in [2.45, 2.75) is 13.5 Å². The highest BCUT2D eigenvalue weighted by molar-refractivity contribution is 5.93. The summed E-state index contributed by atoms with van der Waals surface area (Å²) in [7, 11) is 1.23. The van der Waals surface area contributed by atoms with Crippen molar-refractivity contribution < 1.29 is 18.8 Å². The van der Waals surface area contributed by atoms with Gasteiger partial charge in [0.15, 0.2) is 0 Å². The number of ether oxygens (including phenoxy) is 2. The first-order valence-electron chi connectivity index (χ1n) is 11.5. The van der Waals surface area contributed by atoms with Crippen molar-refractivity contribution in [3.05, 3.63) is 105 Å². The molecule has 0 saturated heterocycles. The van der Waals surface area contributed by atoms with Crippen molar-refractivity contribution in [2.75, 3.05) is 13.7 Å². The van der Waals surface area contributed by atoms with Crippen LogP contribution in [0, 0.1) is 0 Å². The number of hydrogen-bond acceptors (Lipinski definition) is 8. The molecular weight excluding hydrogens is 476 g/mol. The molecule has 10 heteroatoms. The molecule has 0 atom stereocenters. The quantitative estimate of drug-likeness (QED) is 0.313. The summed E-state index contributed by atoms with van der Waals surface area (Å²) in [6.07, 6.45) is 0. The van der Waals surface area contributed by atoms with Gasteiger partial charge in [-0.25, -0.2) is 14.2 Å². The minimum Gasteiger partial charge on any atom is -0.494 e. The molecule has 37 heavy (non-hydrogen) atoms. The number of benzene rings is 3. The van der Waals surface area contributed by atoms with Gasteiger partial charge in [0.2, 0.25) is 11.7 Å². The van der Waals surface area contributed by atoms with E-state index >= 15 is 0 Å². The summed E-state index contributed by atoms with van der Waals surface area (Å²) in [6, 6.07) is 20.2. The lowest BCUT2D eigenvalue weighted by Crippen LogP contribution is -2.40. The maximum Gasteiger partial charge on any atom is 0.339 e. The Morgan fingerprint density at radius 2 is 1.70 bits per heavy atom. The Morgan fingerprint density at radius 3 is 2.46 bits per heavy atom. The number of carbonyl (C=O) groups is 1. The first kappa shape index (κ1) is 23.7. The van der Waals surface area contributed by atoms with Crippen LogP contribution in [0.5, 0.6) is 5.75 Å². The molecule has 3 aromatic carbocycles. The van der Waals surface area contributed by atoms with Gasteiger partial charge in [-0.3, -0.25) is 9.36 Å². The number of esters is 1. The molecular formula is C27H22N4O6. The molecule has 0 aliphatic heterocycles. The molecule has 0 spiro atoms. The third-order valence-electron chi connectivity index (χ3n) is 5.79. The van der Waals surface area contributed by atoms with Crippen molar-refractivity contribution >= 4 is 16.9 Å². The van der Waals surface area contributed by atoms with Gasteiger partial charge in [-0.1, -0.05) is 29.4 Å². The van der Waals surface area contributed by atoms with Gasteiger partial charge < -0.3 is 14.0 Å². The smallest absolute Gasteiger partial charge is 0.339 e. The predicted molar refractivity (Wildman–Crippen MR) is 135 cm³/mol. The molecule has 0 fully saturated rings. The van der Waals surface area contributed by atoms with Crippen LogP contribution in [0.4, 0.5) is 0 Å². The summed E-state index contributed by atoms with van der Waals surface area (Å²) < 4.78 is 18.1. The van der Waals surface area contributed by atoms with Gasteiger partial charge in [-0.2, -0.15) is 4.98 Å². The van der Waals surface area contributed by atoms with Gasteiger partial charge in [0.05, 0.1) is 35.9 Å². The number of nitrogens with zero attached hydrogens (tertiary/aromatic N) is 4. The number of hydrogen-bond donors (Lipinski definition) is 0. The zero-order valence-electron chi connectivity index (χ0n) is 20.1. The monoisotopic (exact) mass is 498 g/mol. The molecule has 0 saturated carbocycles. The van der Waals surface area contributed by atoms with E-state index in [1.54, 1.807) is 36.4 Å². The fourth-order valence-corrected chi connectivity index (χ4v) is 4.08. The molecule has 0 bridgehead atoms. The lowest BCUT2D eigenvalue weighted by atomic mass is 10.1. The molecule has 186 valence electrons. The molecule has 5 rings (SSSR count). The van der Waals surface area contributed by atoms with E-state index in [1.807, 2.05) is 31.2 Å². The van der Waals surface area contributed by atoms with Crippen molar-refractivity contribution in [1.82, 2.24) is 19.3 Å². The standard InChI is InChI=1S/C27H22N4O6/c1-3-36-18-14-12-17(13-15-18)24-28-23(37-29-24)16-30-21-10-6-4-8-19(21)25(32)31(27(30)34)22-11-7-5-9-20(22)26(33)35-2/h4-15H,3,16H2,1-2H3. The van der Waals surface area contributed by atoms with Gasteiger partial charge >= 0.3 is 11.7 Å². The van der Waals surface area contributed by atoms with Crippen LogP contribution in [0.2, 0.25) is 0 Å². The molecule has 0 unspecified atom stereocenters. The Bertz CT molecular complexity index is 1720. The zero-order chi connectivity index (χ0) is 25.9. The SMILES string of the molecule is CCOc1ccc(-c2noc(Cn3c(=O)n(-c4ccccc4C(=O)OC)c(=O)c4ccccc43)n2)cc1.